The molecule has 330 valence electrons. The summed E-state index contributed by atoms with van der Waals surface area (Å²) in [4.78, 5) is 58.9. The first-order valence-electron chi connectivity index (χ1n) is 22.1. The summed E-state index contributed by atoms with van der Waals surface area (Å²) in [6.45, 7) is 10.8. The first kappa shape index (κ1) is 41.6. The number of carbonyl (C=O) groups is 3. The van der Waals surface area contributed by atoms with Gasteiger partial charge in [-0.15, -0.1) is 11.3 Å². The molecule has 10 rings (SSSR count). The Bertz CT molecular complexity index is 2550. The van der Waals surface area contributed by atoms with Crippen molar-refractivity contribution in [1.82, 2.24) is 35.3 Å². The second kappa shape index (κ2) is 16.9. The van der Waals surface area contributed by atoms with Gasteiger partial charge in [0.2, 0.25) is 5.91 Å². The molecule has 16 heteroatoms. The Hall–Kier alpha value is -5.42. The molecule has 63 heavy (non-hydrogen) atoms. The van der Waals surface area contributed by atoms with Crippen LogP contribution in [-0.4, -0.2) is 108 Å². The fourth-order valence-corrected chi connectivity index (χ4v) is 10.5. The fraction of sp³-hybridized carbons (Fsp3) is 0.489. The average molecular weight is 875 g/mol. The molecule has 2 saturated heterocycles. The van der Waals surface area contributed by atoms with Crippen LogP contribution in [0, 0.1) is 11.3 Å². The van der Waals surface area contributed by atoms with Gasteiger partial charge in [-0.3, -0.25) is 29.4 Å². The maximum Gasteiger partial charge on any atom is 0.324 e. The number of thiazole rings is 1. The summed E-state index contributed by atoms with van der Waals surface area (Å²) in [5.74, 6) is -0.364. The molecule has 5 atom stereocenters. The van der Waals surface area contributed by atoms with E-state index in [9.17, 15) is 14.4 Å². The molecule has 0 spiro atoms. The number of carbonyl (C=O) groups excluding carboxylic acids is 3. The predicted octanol–water partition coefficient (Wildman–Crippen LogP) is 5.61. The summed E-state index contributed by atoms with van der Waals surface area (Å²) in [6.07, 6.45) is 7.73. The van der Waals surface area contributed by atoms with E-state index in [0.717, 1.165) is 74.8 Å². The molecule has 1 saturated carbocycles. The first-order valence-corrected chi connectivity index (χ1v) is 23.0. The number of nitrogens with one attached hydrogen (secondary N) is 2. The quantitative estimate of drug-likeness (QED) is 0.195. The van der Waals surface area contributed by atoms with Crippen LogP contribution in [0.2, 0.25) is 0 Å². The maximum atomic E-state index is 14.4. The number of hydrazine groups is 1. The number of amides is 2. The summed E-state index contributed by atoms with van der Waals surface area (Å²) in [7, 11) is 1.71. The SMILES string of the molecule is CO[C@@H](C)c1ncc(N2CCOCC2)cc1-c1c2c3cc(cc4c3n1CCO4)-c1csc(n1)C[C@H](NC(=O)[C@H]1C[C@@H]1c1cccnc1)C(=O)N1CCC[C@H](N1)C(=O)OCC(C)(C)C2. The summed E-state index contributed by atoms with van der Waals surface area (Å²) in [5.41, 5.74) is 11.3. The maximum absolute atomic E-state index is 14.4. The van der Waals surface area contributed by atoms with E-state index in [2.05, 4.69) is 57.2 Å². The number of rotatable bonds is 7. The molecule has 0 radical (unpaired) electrons. The van der Waals surface area contributed by atoms with Crippen molar-refractivity contribution in [3.8, 4) is 28.3 Å². The van der Waals surface area contributed by atoms with Crippen LogP contribution in [0.25, 0.3) is 33.4 Å². The zero-order chi connectivity index (χ0) is 43.4. The fourth-order valence-electron chi connectivity index (χ4n) is 9.66. The minimum Gasteiger partial charge on any atom is -0.489 e. The lowest BCUT2D eigenvalue weighted by Crippen LogP contribution is -2.60. The molecule has 1 aromatic carbocycles. The zero-order valence-corrected chi connectivity index (χ0v) is 37.0. The van der Waals surface area contributed by atoms with Gasteiger partial charge in [-0.05, 0) is 73.9 Å². The third-order valence-electron chi connectivity index (χ3n) is 13.2. The molecule has 1 aliphatic carbocycles. The molecule has 2 amide bonds. The highest BCUT2D eigenvalue weighted by Gasteiger charge is 2.46. The number of aromatic nitrogens is 4. The molecular weight excluding hydrogens is 821 g/mol. The van der Waals surface area contributed by atoms with Gasteiger partial charge in [-0.1, -0.05) is 19.9 Å². The summed E-state index contributed by atoms with van der Waals surface area (Å²) in [6, 6.07) is 8.73. The van der Waals surface area contributed by atoms with Gasteiger partial charge in [0.25, 0.3) is 5.91 Å². The molecule has 3 fully saturated rings. The van der Waals surface area contributed by atoms with Crippen molar-refractivity contribution < 1.29 is 33.3 Å². The number of hydrogen-bond donors (Lipinski definition) is 2. The van der Waals surface area contributed by atoms with E-state index in [-0.39, 0.29) is 42.8 Å². The number of esters is 1. The monoisotopic (exact) mass is 874 g/mol. The average Bonchev–Trinajstić information content (AvgIpc) is 3.89. The summed E-state index contributed by atoms with van der Waals surface area (Å²) < 4.78 is 26.7. The van der Waals surface area contributed by atoms with Crippen molar-refractivity contribution in [3.05, 3.63) is 76.1 Å². The Balaban J connectivity index is 1.08. The van der Waals surface area contributed by atoms with E-state index in [0.29, 0.717) is 63.6 Å². The number of morpholine rings is 1. The summed E-state index contributed by atoms with van der Waals surface area (Å²) in [5, 5.41) is 8.33. The van der Waals surface area contributed by atoms with E-state index in [1.807, 2.05) is 30.6 Å². The van der Waals surface area contributed by atoms with Crippen molar-refractivity contribution in [3.63, 3.8) is 0 Å². The van der Waals surface area contributed by atoms with Crippen molar-refractivity contribution in [1.29, 1.82) is 0 Å². The highest BCUT2D eigenvalue weighted by Crippen LogP contribution is 2.48. The molecule has 5 aromatic rings. The minimum atomic E-state index is -0.910. The summed E-state index contributed by atoms with van der Waals surface area (Å²) >= 11 is 1.46. The second-order valence-electron chi connectivity index (χ2n) is 18.2. The largest absolute Gasteiger partial charge is 0.489 e. The van der Waals surface area contributed by atoms with Gasteiger partial charge >= 0.3 is 5.97 Å². The number of fused-ring (bicyclic) bond motifs is 6. The number of nitrogens with zero attached hydrogens (tertiary/aromatic N) is 6. The molecule has 8 heterocycles. The van der Waals surface area contributed by atoms with Crippen molar-refractivity contribution in [2.75, 3.05) is 58.1 Å². The molecule has 4 aromatic heterocycles. The highest BCUT2D eigenvalue weighted by molar-refractivity contribution is 7.10. The van der Waals surface area contributed by atoms with Crippen LogP contribution >= 0.6 is 11.3 Å². The van der Waals surface area contributed by atoms with Gasteiger partial charge < -0.3 is 33.7 Å². The molecule has 2 N–H and O–H groups in total. The molecule has 15 nitrogen and oxygen atoms in total. The van der Waals surface area contributed by atoms with Gasteiger partial charge in [0.1, 0.15) is 24.4 Å². The van der Waals surface area contributed by atoms with Crippen LogP contribution in [0.3, 0.4) is 0 Å². The third kappa shape index (κ3) is 8.18. The van der Waals surface area contributed by atoms with Gasteiger partial charge in [-0.2, -0.15) is 0 Å². The van der Waals surface area contributed by atoms with Crippen LogP contribution in [0.4, 0.5) is 5.69 Å². The van der Waals surface area contributed by atoms with Crippen LogP contribution in [-0.2, 0) is 48.0 Å². The predicted molar refractivity (Wildman–Crippen MR) is 237 cm³/mol. The Morgan fingerprint density at radius 1 is 1.08 bits per heavy atom. The van der Waals surface area contributed by atoms with Crippen molar-refractivity contribution in [2.24, 2.45) is 11.3 Å². The Labute approximate surface area is 370 Å². The lowest BCUT2D eigenvalue weighted by molar-refractivity contribution is -0.155. The molecule has 6 bridgehead atoms. The van der Waals surface area contributed by atoms with Crippen LogP contribution in [0.1, 0.15) is 73.9 Å². The number of cyclic esters (lactones) is 1. The number of benzene rings is 1. The lowest BCUT2D eigenvalue weighted by Gasteiger charge is -2.35. The third-order valence-corrected chi connectivity index (χ3v) is 14.0. The van der Waals surface area contributed by atoms with Gasteiger partial charge in [0, 0.05) is 78.8 Å². The number of hydrogen-bond acceptors (Lipinski definition) is 13. The molecule has 4 aliphatic heterocycles. The Morgan fingerprint density at radius 2 is 1.94 bits per heavy atom. The highest BCUT2D eigenvalue weighted by atomic mass is 32.1. The van der Waals surface area contributed by atoms with Gasteiger partial charge in [-0.25, -0.2) is 10.4 Å². The van der Waals surface area contributed by atoms with Crippen LogP contribution < -0.4 is 20.4 Å². The molecule has 0 unspecified atom stereocenters. The standard InChI is InChI=1S/C47H54N8O7S/c1-27(59-4)41-34(19-30(24-49-41)53-11-14-60-15-12-53)42-35-22-47(2,3)26-62-46(58)36-8-6-10-55(52-36)45(57)37(51-44(56)33-20-31(33)28-7-5-9-48-23-28)21-40-50-38(25-63-40)29-17-32(35)43-39(18-29)61-16-13-54(42)43/h5,7,9,17-19,23-25,27,31,33,36-37,52H,6,8,10-16,20-22,26H2,1-4H3,(H,51,56)/t27-,31+,33-,36-,37-/m0/s1. The van der Waals surface area contributed by atoms with E-state index in [4.69, 9.17) is 28.9 Å². The molecular formula is C47H54N8O7S. The van der Waals surface area contributed by atoms with Gasteiger partial charge in [0.15, 0.2) is 0 Å². The Morgan fingerprint density at radius 3 is 2.75 bits per heavy atom. The number of pyridine rings is 2. The van der Waals surface area contributed by atoms with Crippen LogP contribution in [0.5, 0.6) is 5.75 Å². The smallest absolute Gasteiger partial charge is 0.324 e. The van der Waals surface area contributed by atoms with Crippen LogP contribution in [0.15, 0.2) is 54.3 Å². The first-order chi connectivity index (χ1) is 30.5. The second-order valence-corrected chi connectivity index (χ2v) is 19.1. The topological polar surface area (TPSA) is 162 Å². The van der Waals surface area contributed by atoms with Crippen molar-refractivity contribution >= 4 is 45.7 Å². The molecule has 5 aliphatic rings. The number of methoxy groups -OCH3 is 1. The van der Waals surface area contributed by atoms with E-state index < -0.39 is 23.5 Å². The zero-order valence-electron chi connectivity index (χ0n) is 36.2. The minimum absolute atomic E-state index is 0.0503. The number of ether oxygens (including phenoxy) is 4. The van der Waals surface area contributed by atoms with Crippen molar-refractivity contribution in [2.45, 2.75) is 83.5 Å². The number of anilines is 1. The van der Waals surface area contributed by atoms with E-state index >= 15 is 0 Å². The van der Waals surface area contributed by atoms with Gasteiger partial charge in [0.05, 0.1) is 72.0 Å². The normalized spacial score (nSPS) is 24.0. The Kier molecular flexibility index (Phi) is 11.2. The van der Waals surface area contributed by atoms with E-state index in [1.165, 1.54) is 16.3 Å². The lowest BCUT2D eigenvalue weighted by atomic mass is 9.84. The van der Waals surface area contributed by atoms with E-state index in [1.54, 1.807) is 19.5 Å².